The largest absolute Gasteiger partial charge is 0.197 e. The highest BCUT2D eigenvalue weighted by atomic mass is 32.1. The molecular weight excluding hydrogens is 92.1 g/mol. The summed E-state index contributed by atoms with van der Waals surface area (Å²) in [5.74, 6) is 0. The second-order valence-corrected chi connectivity index (χ2v) is 0.761. The number of hydrogen-bond acceptors (Lipinski definition) is 0. The summed E-state index contributed by atoms with van der Waals surface area (Å²) in [6.07, 6.45) is 5.58. The van der Waals surface area contributed by atoms with E-state index in [1.807, 2.05) is 19.1 Å². The highest BCUT2D eigenvalue weighted by Gasteiger charge is 1.42. The molecule has 0 bridgehead atoms. The van der Waals surface area contributed by atoms with Gasteiger partial charge in [-0.05, 0) is 6.92 Å². The fourth-order valence-electron chi connectivity index (χ4n) is 0.136. The summed E-state index contributed by atoms with van der Waals surface area (Å²) in [6.45, 7) is 5.42. The maximum absolute atomic E-state index is 3.46. The molecule has 0 radical (unpaired) electrons. The van der Waals surface area contributed by atoms with Gasteiger partial charge in [-0.15, -0.1) is 0 Å². The first-order valence-electron chi connectivity index (χ1n) is 1.65. The lowest BCUT2D eigenvalue weighted by atomic mass is 10.5. The lowest BCUT2D eigenvalue weighted by Crippen LogP contribution is -1.33. The zero-order valence-electron chi connectivity index (χ0n) is 3.94. The maximum atomic E-state index is 3.46. The van der Waals surface area contributed by atoms with Gasteiger partial charge in [0.15, 0.2) is 0 Å². The molecule has 0 spiro atoms. The van der Waals surface area contributed by atoms with Gasteiger partial charge in [0.05, 0.1) is 0 Å². The maximum Gasteiger partial charge on any atom is -0.0467 e. The standard InChI is InChI=1S/C5H8.H2S/c1-3-5-4-2;/h3-5H,1H2,2H3;1H2. The van der Waals surface area contributed by atoms with E-state index in [-0.39, 0.29) is 13.5 Å². The molecule has 6 heavy (non-hydrogen) atoms. The van der Waals surface area contributed by atoms with Crippen LogP contribution >= 0.6 is 13.5 Å². The molecule has 1 heteroatoms. The zero-order valence-corrected chi connectivity index (χ0v) is 4.94. The third kappa shape index (κ3) is 9.16. The van der Waals surface area contributed by atoms with Crippen molar-refractivity contribution in [2.45, 2.75) is 6.92 Å². The summed E-state index contributed by atoms with van der Waals surface area (Å²) in [6, 6.07) is 0. The second kappa shape index (κ2) is 8.85. The van der Waals surface area contributed by atoms with E-state index in [1.165, 1.54) is 0 Å². The van der Waals surface area contributed by atoms with Gasteiger partial charge >= 0.3 is 0 Å². The predicted octanol–water partition coefficient (Wildman–Crippen LogP) is 1.86. The van der Waals surface area contributed by atoms with Gasteiger partial charge in [-0.3, -0.25) is 0 Å². The first-order chi connectivity index (χ1) is 2.41. The fourth-order valence-corrected chi connectivity index (χ4v) is 0.136. The number of allylic oxidation sites excluding steroid dienone is 3. The van der Waals surface area contributed by atoms with Crippen LogP contribution < -0.4 is 0 Å². The minimum atomic E-state index is 0. The average Bonchev–Trinajstić information content (AvgIpc) is 1.41. The van der Waals surface area contributed by atoms with E-state index in [2.05, 4.69) is 6.58 Å². The van der Waals surface area contributed by atoms with Crippen molar-refractivity contribution >= 4 is 13.5 Å². The Balaban J connectivity index is 0. The van der Waals surface area contributed by atoms with Crippen LogP contribution in [0.25, 0.3) is 0 Å². The molecular formula is C5H10S. The molecule has 0 aliphatic rings. The highest BCUT2D eigenvalue weighted by molar-refractivity contribution is 7.59. The van der Waals surface area contributed by atoms with Crippen LogP contribution in [-0.4, -0.2) is 0 Å². The fraction of sp³-hybridized carbons (Fsp3) is 0.200. The van der Waals surface area contributed by atoms with E-state index in [0.717, 1.165) is 0 Å². The summed E-state index contributed by atoms with van der Waals surface area (Å²) in [7, 11) is 0. The van der Waals surface area contributed by atoms with Crippen LogP contribution in [0.4, 0.5) is 0 Å². The Morgan fingerprint density at radius 1 is 1.50 bits per heavy atom. The number of rotatable bonds is 1. The van der Waals surface area contributed by atoms with E-state index in [9.17, 15) is 0 Å². The molecule has 0 saturated heterocycles. The summed E-state index contributed by atoms with van der Waals surface area (Å²) >= 11 is 0. The first kappa shape index (κ1) is 9.27. The molecule has 0 fully saturated rings. The Bertz CT molecular complexity index is 45.9. The molecule has 0 aromatic heterocycles. The summed E-state index contributed by atoms with van der Waals surface area (Å²) in [5.41, 5.74) is 0. The Labute approximate surface area is 46.0 Å². The van der Waals surface area contributed by atoms with Crippen LogP contribution in [0.5, 0.6) is 0 Å². The van der Waals surface area contributed by atoms with Crippen molar-refractivity contribution in [2.24, 2.45) is 0 Å². The molecule has 0 saturated carbocycles. The molecule has 0 N–H and O–H groups in total. The van der Waals surface area contributed by atoms with Crippen LogP contribution in [0.15, 0.2) is 24.8 Å². The monoisotopic (exact) mass is 102 g/mol. The summed E-state index contributed by atoms with van der Waals surface area (Å²) in [5, 5.41) is 0. The van der Waals surface area contributed by atoms with Crippen molar-refractivity contribution < 1.29 is 0 Å². The second-order valence-electron chi connectivity index (χ2n) is 0.761. The van der Waals surface area contributed by atoms with Gasteiger partial charge in [-0.2, -0.15) is 13.5 Å². The van der Waals surface area contributed by atoms with Crippen molar-refractivity contribution in [3.8, 4) is 0 Å². The molecule has 0 nitrogen and oxygen atoms in total. The Hall–Kier alpha value is -0.170. The highest BCUT2D eigenvalue weighted by Crippen LogP contribution is 1.64. The van der Waals surface area contributed by atoms with Crippen LogP contribution in [0, 0.1) is 0 Å². The molecule has 36 valence electrons. The molecule has 0 aliphatic heterocycles. The van der Waals surface area contributed by atoms with Crippen molar-refractivity contribution in [3.05, 3.63) is 24.8 Å². The van der Waals surface area contributed by atoms with Gasteiger partial charge in [0.2, 0.25) is 0 Å². The van der Waals surface area contributed by atoms with Crippen molar-refractivity contribution in [3.63, 3.8) is 0 Å². The lowest BCUT2D eigenvalue weighted by molar-refractivity contribution is 1.74. The van der Waals surface area contributed by atoms with Crippen molar-refractivity contribution in [1.82, 2.24) is 0 Å². The summed E-state index contributed by atoms with van der Waals surface area (Å²) in [4.78, 5) is 0. The molecule has 0 aliphatic carbocycles. The molecule has 0 aromatic rings. The topological polar surface area (TPSA) is 0 Å². The molecule has 0 unspecified atom stereocenters. The van der Waals surface area contributed by atoms with Crippen LogP contribution in [-0.2, 0) is 0 Å². The molecule has 0 atom stereocenters. The third-order valence-corrected chi connectivity index (χ3v) is 0.329. The summed E-state index contributed by atoms with van der Waals surface area (Å²) < 4.78 is 0. The Morgan fingerprint density at radius 3 is 2.00 bits per heavy atom. The van der Waals surface area contributed by atoms with E-state index >= 15 is 0 Å². The minimum Gasteiger partial charge on any atom is -0.197 e. The van der Waals surface area contributed by atoms with E-state index in [1.54, 1.807) is 6.08 Å². The van der Waals surface area contributed by atoms with Crippen molar-refractivity contribution in [2.75, 3.05) is 0 Å². The van der Waals surface area contributed by atoms with Gasteiger partial charge < -0.3 is 0 Å². The average molecular weight is 102 g/mol. The van der Waals surface area contributed by atoms with Gasteiger partial charge in [-0.25, -0.2) is 0 Å². The van der Waals surface area contributed by atoms with Crippen LogP contribution in [0.3, 0.4) is 0 Å². The number of hydrogen-bond donors (Lipinski definition) is 0. The van der Waals surface area contributed by atoms with Crippen LogP contribution in [0.2, 0.25) is 0 Å². The van der Waals surface area contributed by atoms with Gasteiger partial charge in [0, 0.05) is 0 Å². The predicted molar refractivity (Wildman–Crippen MR) is 35.4 cm³/mol. The quantitative estimate of drug-likeness (QED) is 0.443. The van der Waals surface area contributed by atoms with Crippen LogP contribution in [0.1, 0.15) is 6.92 Å². The molecule has 0 aromatic carbocycles. The van der Waals surface area contributed by atoms with Gasteiger partial charge in [0.25, 0.3) is 0 Å². The van der Waals surface area contributed by atoms with Gasteiger partial charge in [0.1, 0.15) is 0 Å². The normalized spacial score (nSPS) is 7.50. The molecule has 0 rings (SSSR count). The minimum absolute atomic E-state index is 0. The SMILES string of the molecule is C=CC=CC.S. The zero-order chi connectivity index (χ0) is 4.12. The Kier molecular flexibility index (Phi) is 13.7. The smallest absolute Gasteiger partial charge is 0.0467 e. The van der Waals surface area contributed by atoms with Crippen molar-refractivity contribution in [1.29, 1.82) is 0 Å². The van der Waals surface area contributed by atoms with E-state index in [4.69, 9.17) is 0 Å². The third-order valence-electron chi connectivity index (χ3n) is 0.329. The lowest BCUT2D eigenvalue weighted by Gasteiger charge is -1.56. The van der Waals surface area contributed by atoms with Gasteiger partial charge in [-0.1, -0.05) is 24.8 Å². The van der Waals surface area contributed by atoms with E-state index in [0.29, 0.717) is 0 Å². The molecule has 0 amide bonds. The molecule has 0 heterocycles. The first-order valence-corrected chi connectivity index (χ1v) is 1.65. The van der Waals surface area contributed by atoms with E-state index < -0.39 is 0 Å². The Morgan fingerprint density at radius 2 is 2.00 bits per heavy atom.